The molecule has 1 heterocycles. The summed E-state index contributed by atoms with van der Waals surface area (Å²) < 4.78 is 4.70. The average molecular weight is 554 g/mol. The second-order valence-corrected chi connectivity index (χ2v) is 9.14. The number of aromatic nitrogens is 2. The minimum absolute atomic E-state index is 0.0652. The van der Waals surface area contributed by atoms with Crippen molar-refractivity contribution in [3.05, 3.63) is 75.8 Å². The summed E-state index contributed by atoms with van der Waals surface area (Å²) in [5.74, 6) is -0.735. The SMILES string of the molecule is COC(=O)c1ccc(N(C)C/C(CNc2nc(NC(C)=O)nc(SCc3ccccc3)c2[N+](=O)[O-])=N/O)cc1. The van der Waals surface area contributed by atoms with E-state index in [9.17, 15) is 24.9 Å². The van der Waals surface area contributed by atoms with Gasteiger partial charge in [-0.05, 0) is 29.8 Å². The maximum atomic E-state index is 12.0. The van der Waals surface area contributed by atoms with Crippen molar-refractivity contribution in [3.63, 3.8) is 0 Å². The molecule has 0 saturated carbocycles. The van der Waals surface area contributed by atoms with Gasteiger partial charge in [-0.15, -0.1) is 0 Å². The Kier molecular flexibility index (Phi) is 10.1. The molecular weight excluding hydrogens is 526 g/mol. The molecule has 0 atom stereocenters. The second kappa shape index (κ2) is 13.7. The smallest absolute Gasteiger partial charge is 0.343 e. The molecule has 13 nitrogen and oxygen atoms in total. The number of thioether (sulfide) groups is 1. The summed E-state index contributed by atoms with van der Waals surface area (Å²) in [4.78, 5) is 44.8. The van der Waals surface area contributed by atoms with Crippen molar-refractivity contribution >= 4 is 52.5 Å². The van der Waals surface area contributed by atoms with Crippen molar-refractivity contribution < 1.29 is 24.5 Å². The molecule has 1 aromatic heterocycles. The zero-order chi connectivity index (χ0) is 28.4. The van der Waals surface area contributed by atoms with Crippen molar-refractivity contribution in [3.8, 4) is 0 Å². The number of amides is 1. The highest BCUT2D eigenvalue weighted by Crippen LogP contribution is 2.35. The van der Waals surface area contributed by atoms with Gasteiger partial charge in [0.05, 0.1) is 36.4 Å². The van der Waals surface area contributed by atoms with Crippen LogP contribution in [0.25, 0.3) is 0 Å². The number of oxime groups is 1. The summed E-state index contributed by atoms with van der Waals surface area (Å²) in [6, 6.07) is 16.0. The molecule has 204 valence electrons. The molecule has 0 aliphatic heterocycles. The highest BCUT2D eigenvalue weighted by atomic mass is 32.2. The number of ether oxygens (including phenoxy) is 1. The molecule has 3 N–H and O–H groups in total. The Morgan fingerprint density at radius 1 is 1.15 bits per heavy atom. The van der Waals surface area contributed by atoms with Gasteiger partial charge in [0, 0.05) is 25.4 Å². The van der Waals surface area contributed by atoms with Crippen LogP contribution in [0.5, 0.6) is 0 Å². The fourth-order valence-electron chi connectivity index (χ4n) is 3.41. The van der Waals surface area contributed by atoms with Crippen LogP contribution in [0.4, 0.5) is 23.1 Å². The van der Waals surface area contributed by atoms with Gasteiger partial charge in [-0.25, -0.2) is 4.79 Å². The first-order chi connectivity index (χ1) is 18.7. The standard InChI is InChI=1S/C25H27N7O6S/c1-16(33)27-25-28-22(21(32(36)37)23(29-25)39-15-17-7-5-4-6-8-17)26-13-19(30-35)14-31(2)20-11-9-18(10-12-20)24(34)38-3/h4-12,35H,13-15H2,1-3H3,(H2,26,27,28,29,33)/b30-19+. The number of anilines is 3. The molecule has 3 rings (SSSR count). The Labute approximate surface area is 228 Å². The van der Waals surface area contributed by atoms with E-state index < -0.39 is 16.8 Å². The molecule has 14 heteroatoms. The number of nitrogens with zero attached hydrogens (tertiary/aromatic N) is 5. The zero-order valence-corrected chi connectivity index (χ0v) is 22.3. The molecule has 2 aromatic carbocycles. The van der Waals surface area contributed by atoms with Crippen LogP contribution in [0, 0.1) is 10.1 Å². The van der Waals surface area contributed by atoms with Crippen molar-refractivity contribution in [1.29, 1.82) is 0 Å². The van der Waals surface area contributed by atoms with E-state index in [1.807, 2.05) is 30.3 Å². The van der Waals surface area contributed by atoms with E-state index in [4.69, 9.17) is 4.74 Å². The largest absolute Gasteiger partial charge is 0.465 e. The van der Waals surface area contributed by atoms with Gasteiger partial charge in [0.25, 0.3) is 0 Å². The quantitative estimate of drug-likeness (QED) is 0.0566. The molecule has 0 radical (unpaired) electrons. The Balaban J connectivity index is 1.80. The fourth-order valence-corrected chi connectivity index (χ4v) is 4.36. The minimum Gasteiger partial charge on any atom is -0.465 e. The third kappa shape index (κ3) is 8.13. The van der Waals surface area contributed by atoms with Crippen LogP contribution in [0.1, 0.15) is 22.8 Å². The summed E-state index contributed by atoms with van der Waals surface area (Å²) in [5, 5.41) is 30.3. The lowest BCUT2D eigenvalue weighted by Gasteiger charge is -2.20. The average Bonchev–Trinajstić information content (AvgIpc) is 2.93. The summed E-state index contributed by atoms with van der Waals surface area (Å²) >= 11 is 1.13. The normalized spacial score (nSPS) is 11.0. The predicted molar refractivity (Wildman–Crippen MR) is 148 cm³/mol. The molecule has 39 heavy (non-hydrogen) atoms. The number of nitrogens with one attached hydrogen (secondary N) is 2. The Hall–Kier alpha value is -4.72. The summed E-state index contributed by atoms with van der Waals surface area (Å²) in [6.07, 6.45) is 0. The first-order valence-electron chi connectivity index (χ1n) is 11.6. The number of carbonyl (C=O) groups excluding carboxylic acids is 2. The van der Waals surface area contributed by atoms with Gasteiger partial charge in [0.1, 0.15) is 0 Å². The van der Waals surface area contributed by atoms with Gasteiger partial charge in [0.15, 0.2) is 5.03 Å². The summed E-state index contributed by atoms with van der Waals surface area (Å²) in [7, 11) is 3.05. The molecule has 1 amide bonds. The number of methoxy groups -OCH3 is 1. The number of nitro groups is 1. The molecular formula is C25H27N7O6S. The molecule has 0 fully saturated rings. The van der Waals surface area contributed by atoms with Crippen LogP contribution < -0.4 is 15.5 Å². The van der Waals surface area contributed by atoms with Crippen LogP contribution in [-0.4, -0.2) is 64.9 Å². The molecule has 3 aromatic rings. The van der Waals surface area contributed by atoms with E-state index in [0.29, 0.717) is 11.3 Å². The van der Waals surface area contributed by atoms with E-state index in [-0.39, 0.29) is 41.3 Å². The maximum Gasteiger partial charge on any atom is 0.343 e. The van der Waals surface area contributed by atoms with Crippen molar-refractivity contribution in [1.82, 2.24) is 9.97 Å². The van der Waals surface area contributed by atoms with Gasteiger partial charge >= 0.3 is 11.7 Å². The monoisotopic (exact) mass is 553 g/mol. The number of rotatable bonds is 12. The molecule has 0 saturated heterocycles. The molecule has 0 aliphatic carbocycles. The minimum atomic E-state index is -0.599. The van der Waals surface area contributed by atoms with E-state index in [1.165, 1.54) is 14.0 Å². The number of hydrogen-bond acceptors (Lipinski definition) is 12. The van der Waals surface area contributed by atoms with Crippen molar-refractivity contribution in [2.24, 2.45) is 5.16 Å². The third-order valence-corrected chi connectivity index (χ3v) is 6.33. The van der Waals surface area contributed by atoms with Gasteiger partial charge in [-0.2, -0.15) is 9.97 Å². The number of benzene rings is 2. The predicted octanol–water partition coefficient (Wildman–Crippen LogP) is 3.80. The van der Waals surface area contributed by atoms with Crippen LogP contribution in [0.15, 0.2) is 64.8 Å². The van der Waals surface area contributed by atoms with Gasteiger partial charge in [-0.1, -0.05) is 47.2 Å². The number of carbonyl (C=O) groups is 2. The Bertz CT molecular complexity index is 1350. The Morgan fingerprint density at radius 2 is 1.85 bits per heavy atom. The first kappa shape index (κ1) is 28.8. The number of hydrogen-bond donors (Lipinski definition) is 3. The van der Waals surface area contributed by atoms with Crippen LogP contribution in [-0.2, 0) is 15.3 Å². The highest BCUT2D eigenvalue weighted by Gasteiger charge is 2.26. The zero-order valence-electron chi connectivity index (χ0n) is 21.5. The van der Waals surface area contributed by atoms with E-state index in [2.05, 4.69) is 25.8 Å². The lowest BCUT2D eigenvalue weighted by atomic mass is 10.2. The molecule has 0 aliphatic rings. The van der Waals surface area contributed by atoms with Crippen LogP contribution in [0.2, 0.25) is 0 Å². The fraction of sp³-hybridized carbons (Fsp3) is 0.240. The highest BCUT2D eigenvalue weighted by molar-refractivity contribution is 7.98. The lowest BCUT2D eigenvalue weighted by Crippen LogP contribution is -2.30. The van der Waals surface area contributed by atoms with Crippen molar-refractivity contribution in [2.45, 2.75) is 17.7 Å². The van der Waals surface area contributed by atoms with E-state index in [1.54, 1.807) is 36.2 Å². The topological polar surface area (TPSA) is 172 Å². The van der Waals surface area contributed by atoms with E-state index in [0.717, 1.165) is 23.0 Å². The Morgan fingerprint density at radius 3 is 2.44 bits per heavy atom. The van der Waals surface area contributed by atoms with Crippen LogP contribution in [0.3, 0.4) is 0 Å². The van der Waals surface area contributed by atoms with Gasteiger partial charge in [-0.3, -0.25) is 20.2 Å². The molecule has 0 unspecified atom stereocenters. The first-order valence-corrected chi connectivity index (χ1v) is 12.5. The van der Waals surface area contributed by atoms with Gasteiger partial charge < -0.3 is 20.2 Å². The third-order valence-electron chi connectivity index (χ3n) is 5.29. The maximum absolute atomic E-state index is 12.0. The van der Waals surface area contributed by atoms with E-state index >= 15 is 0 Å². The second-order valence-electron chi connectivity index (χ2n) is 8.18. The number of esters is 1. The molecule has 0 spiro atoms. The lowest BCUT2D eigenvalue weighted by molar-refractivity contribution is -0.387. The van der Waals surface area contributed by atoms with Crippen molar-refractivity contribution in [2.75, 3.05) is 42.8 Å². The summed E-state index contributed by atoms with van der Waals surface area (Å²) in [5.41, 5.74) is 1.92. The van der Waals surface area contributed by atoms with Gasteiger partial charge in [0.2, 0.25) is 17.7 Å². The molecule has 0 bridgehead atoms. The summed E-state index contributed by atoms with van der Waals surface area (Å²) in [6.45, 7) is 1.33. The van der Waals surface area contributed by atoms with Crippen LogP contribution >= 0.6 is 11.8 Å².